The van der Waals surface area contributed by atoms with Gasteiger partial charge >= 0.3 is 0 Å². The van der Waals surface area contributed by atoms with Crippen molar-refractivity contribution in [3.63, 3.8) is 0 Å². The van der Waals surface area contributed by atoms with E-state index in [-0.39, 0.29) is 17.9 Å². The van der Waals surface area contributed by atoms with Crippen molar-refractivity contribution >= 4 is 11.8 Å². The van der Waals surface area contributed by atoms with Crippen molar-refractivity contribution in [1.29, 1.82) is 0 Å². The zero-order valence-corrected chi connectivity index (χ0v) is 15.7. The number of hydrogen-bond acceptors (Lipinski definition) is 4. The molecule has 1 fully saturated rings. The fraction of sp³-hybridized carbons (Fsp3) is 0.889. The van der Waals surface area contributed by atoms with E-state index in [9.17, 15) is 9.59 Å². The third-order valence-electron chi connectivity index (χ3n) is 4.30. The van der Waals surface area contributed by atoms with E-state index >= 15 is 0 Å². The lowest BCUT2D eigenvalue weighted by Crippen LogP contribution is -2.48. The average Bonchev–Trinajstić information content (AvgIpc) is 2.46. The van der Waals surface area contributed by atoms with Gasteiger partial charge in [-0.05, 0) is 37.6 Å². The Morgan fingerprint density at radius 2 is 1.96 bits per heavy atom. The summed E-state index contributed by atoms with van der Waals surface area (Å²) in [6.07, 6.45) is 4.00. The molecular formula is C18H35N3O3. The van der Waals surface area contributed by atoms with Gasteiger partial charge in [0.25, 0.3) is 0 Å². The quantitative estimate of drug-likeness (QED) is 0.526. The van der Waals surface area contributed by atoms with Gasteiger partial charge in [0.2, 0.25) is 11.8 Å². The largest absolute Gasteiger partial charge is 0.383 e. The van der Waals surface area contributed by atoms with Crippen LogP contribution in [-0.4, -0.2) is 50.7 Å². The monoisotopic (exact) mass is 341 g/mol. The van der Waals surface area contributed by atoms with Gasteiger partial charge in [-0.3, -0.25) is 9.59 Å². The maximum atomic E-state index is 11.9. The summed E-state index contributed by atoms with van der Waals surface area (Å²) < 4.78 is 4.93. The van der Waals surface area contributed by atoms with Crippen LogP contribution in [0.15, 0.2) is 0 Å². The molecule has 0 bridgehead atoms. The highest BCUT2D eigenvalue weighted by atomic mass is 16.5. The summed E-state index contributed by atoms with van der Waals surface area (Å²) >= 11 is 0. The second kappa shape index (κ2) is 11.4. The summed E-state index contributed by atoms with van der Waals surface area (Å²) in [5, 5.41) is 9.54. The van der Waals surface area contributed by atoms with E-state index in [1.807, 2.05) is 0 Å². The molecule has 6 nitrogen and oxygen atoms in total. The van der Waals surface area contributed by atoms with Gasteiger partial charge in [0.15, 0.2) is 0 Å². The normalized spacial score (nSPS) is 22.2. The van der Waals surface area contributed by atoms with E-state index in [0.717, 1.165) is 25.8 Å². The minimum Gasteiger partial charge on any atom is -0.383 e. The highest BCUT2D eigenvalue weighted by Gasteiger charge is 2.24. The third-order valence-corrected chi connectivity index (χ3v) is 4.30. The van der Waals surface area contributed by atoms with Crippen molar-refractivity contribution in [2.24, 2.45) is 11.8 Å². The van der Waals surface area contributed by atoms with Crippen LogP contribution in [0, 0.1) is 11.8 Å². The Bertz CT molecular complexity index is 388. The zero-order valence-electron chi connectivity index (χ0n) is 15.7. The lowest BCUT2D eigenvalue weighted by molar-refractivity contribution is -0.123. The molecule has 0 radical (unpaired) electrons. The second-order valence-electron chi connectivity index (χ2n) is 7.43. The molecule has 0 spiro atoms. The molecular weight excluding hydrogens is 306 g/mol. The van der Waals surface area contributed by atoms with Gasteiger partial charge in [0.1, 0.15) is 0 Å². The first-order valence-corrected chi connectivity index (χ1v) is 9.19. The number of carbonyl (C=O) groups is 2. The number of amides is 2. The molecule has 1 aliphatic heterocycles. The van der Waals surface area contributed by atoms with Crippen molar-refractivity contribution in [3.8, 4) is 0 Å². The van der Waals surface area contributed by atoms with E-state index in [0.29, 0.717) is 43.9 Å². The van der Waals surface area contributed by atoms with E-state index in [2.05, 4.69) is 36.7 Å². The predicted octanol–water partition coefficient (Wildman–Crippen LogP) is 1.45. The molecule has 6 heteroatoms. The zero-order chi connectivity index (χ0) is 17.9. The van der Waals surface area contributed by atoms with Crippen LogP contribution in [-0.2, 0) is 14.3 Å². The number of hydrogen-bond donors (Lipinski definition) is 3. The van der Waals surface area contributed by atoms with Crippen molar-refractivity contribution in [2.45, 2.75) is 65.0 Å². The Kier molecular flexibility index (Phi) is 9.95. The Morgan fingerprint density at radius 1 is 1.21 bits per heavy atom. The van der Waals surface area contributed by atoms with Crippen LogP contribution in [0.4, 0.5) is 0 Å². The van der Waals surface area contributed by atoms with Gasteiger partial charge in [-0.2, -0.15) is 0 Å². The van der Waals surface area contributed by atoms with Gasteiger partial charge in [0, 0.05) is 38.6 Å². The fourth-order valence-corrected chi connectivity index (χ4v) is 3.22. The molecule has 3 N–H and O–H groups in total. The molecule has 1 aliphatic rings. The minimum atomic E-state index is 0.0807. The maximum Gasteiger partial charge on any atom is 0.220 e. The molecule has 3 atom stereocenters. The van der Waals surface area contributed by atoms with Crippen LogP contribution in [0.2, 0.25) is 0 Å². The topological polar surface area (TPSA) is 79.5 Å². The SMILES string of the molecule is COCCNC(=O)CC(C)CC1CC(NC(=O)CC(C)C)CCN1. The summed E-state index contributed by atoms with van der Waals surface area (Å²) in [6, 6.07) is 0.620. The molecule has 24 heavy (non-hydrogen) atoms. The number of ether oxygens (including phenoxy) is 1. The van der Waals surface area contributed by atoms with Gasteiger partial charge in [0.05, 0.1) is 6.61 Å². The van der Waals surface area contributed by atoms with Crippen molar-refractivity contribution in [2.75, 3.05) is 26.8 Å². The molecule has 1 heterocycles. The van der Waals surface area contributed by atoms with E-state index in [1.54, 1.807) is 7.11 Å². The lowest BCUT2D eigenvalue weighted by Gasteiger charge is -2.32. The summed E-state index contributed by atoms with van der Waals surface area (Å²) in [5.74, 6) is 0.938. The van der Waals surface area contributed by atoms with Crippen LogP contribution < -0.4 is 16.0 Å². The summed E-state index contributed by atoms with van der Waals surface area (Å²) in [6.45, 7) is 8.26. The standard InChI is InChI=1S/C18H35N3O3/c1-13(2)9-18(23)21-15-5-6-19-16(12-15)10-14(3)11-17(22)20-7-8-24-4/h13-16,19H,5-12H2,1-4H3,(H,20,22)(H,21,23). The smallest absolute Gasteiger partial charge is 0.220 e. The maximum absolute atomic E-state index is 11.9. The number of methoxy groups -OCH3 is 1. The van der Waals surface area contributed by atoms with Crippen LogP contribution in [0.1, 0.15) is 52.9 Å². The first-order valence-electron chi connectivity index (χ1n) is 9.19. The van der Waals surface area contributed by atoms with Gasteiger partial charge in [-0.25, -0.2) is 0 Å². The lowest BCUT2D eigenvalue weighted by atomic mass is 9.90. The Balaban J connectivity index is 2.28. The van der Waals surface area contributed by atoms with E-state index < -0.39 is 0 Å². The van der Waals surface area contributed by atoms with Crippen molar-refractivity contribution < 1.29 is 14.3 Å². The Morgan fingerprint density at radius 3 is 2.62 bits per heavy atom. The van der Waals surface area contributed by atoms with Gasteiger partial charge < -0.3 is 20.7 Å². The second-order valence-corrected chi connectivity index (χ2v) is 7.43. The van der Waals surface area contributed by atoms with Crippen LogP contribution in [0.3, 0.4) is 0 Å². The summed E-state index contributed by atoms with van der Waals surface area (Å²) in [7, 11) is 1.62. The molecule has 140 valence electrons. The highest BCUT2D eigenvalue weighted by Crippen LogP contribution is 2.18. The summed E-state index contributed by atoms with van der Waals surface area (Å²) in [4.78, 5) is 23.8. The molecule has 0 saturated carbocycles. The van der Waals surface area contributed by atoms with Crippen LogP contribution in [0.25, 0.3) is 0 Å². The third kappa shape index (κ3) is 9.23. The number of piperidine rings is 1. The van der Waals surface area contributed by atoms with Gasteiger partial charge in [-0.1, -0.05) is 20.8 Å². The number of rotatable bonds is 10. The van der Waals surface area contributed by atoms with Crippen LogP contribution >= 0.6 is 0 Å². The molecule has 0 aliphatic carbocycles. The minimum absolute atomic E-state index is 0.0807. The molecule has 3 unspecified atom stereocenters. The molecule has 2 amide bonds. The average molecular weight is 341 g/mol. The molecule has 0 aromatic heterocycles. The Labute approximate surface area is 146 Å². The molecule has 0 aromatic carbocycles. The first-order chi connectivity index (χ1) is 11.4. The fourth-order valence-electron chi connectivity index (χ4n) is 3.22. The first kappa shape index (κ1) is 20.9. The van der Waals surface area contributed by atoms with Crippen LogP contribution in [0.5, 0.6) is 0 Å². The van der Waals surface area contributed by atoms with Gasteiger partial charge in [-0.15, -0.1) is 0 Å². The van der Waals surface area contributed by atoms with Crippen molar-refractivity contribution in [1.82, 2.24) is 16.0 Å². The number of nitrogens with one attached hydrogen (secondary N) is 3. The molecule has 0 aromatic rings. The predicted molar refractivity (Wildman–Crippen MR) is 95.7 cm³/mol. The summed E-state index contributed by atoms with van der Waals surface area (Å²) in [5.41, 5.74) is 0. The molecule has 1 saturated heterocycles. The molecule has 1 rings (SSSR count). The van der Waals surface area contributed by atoms with E-state index in [1.165, 1.54) is 0 Å². The highest BCUT2D eigenvalue weighted by molar-refractivity contribution is 5.76. The number of carbonyl (C=O) groups excluding carboxylic acids is 2. The van der Waals surface area contributed by atoms with Crippen molar-refractivity contribution in [3.05, 3.63) is 0 Å². The van der Waals surface area contributed by atoms with E-state index in [4.69, 9.17) is 4.74 Å². The Hall–Kier alpha value is -1.14.